The molecular weight excluding hydrogens is 337 g/mol. The van der Waals surface area contributed by atoms with Gasteiger partial charge in [-0.25, -0.2) is 18.1 Å². The molecule has 21 heavy (non-hydrogen) atoms. The summed E-state index contributed by atoms with van der Waals surface area (Å²) in [7, 11) is -3.70. The van der Waals surface area contributed by atoms with Gasteiger partial charge in [0.2, 0.25) is 15.9 Å². The average molecular weight is 352 g/mol. The highest BCUT2D eigenvalue weighted by Gasteiger charge is 2.26. The third-order valence-electron chi connectivity index (χ3n) is 3.34. The molecule has 9 heteroatoms. The third-order valence-corrected chi connectivity index (χ3v) is 5.52. The highest BCUT2D eigenvalue weighted by Crippen LogP contribution is 2.23. The fourth-order valence-corrected chi connectivity index (χ4v) is 3.76. The van der Waals surface area contributed by atoms with E-state index in [0.717, 1.165) is 0 Å². The van der Waals surface area contributed by atoms with Gasteiger partial charge in [-0.2, -0.15) is 0 Å². The average Bonchev–Trinajstić information content (AvgIpc) is 2.42. The van der Waals surface area contributed by atoms with Crippen LogP contribution in [-0.2, 0) is 14.8 Å². The zero-order valence-corrected chi connectivity index (χ0v) is 13.7. The van der Waals surface area contributed by atoms with E-state index in [-0.39, 0.29) is 27.0 Å². The summed E-state index contributed by atoms with van der Waals surface area (Å²) >= 11 is 11.5. The number of hydrogen-bond acceptors (Lipinski definition) is 4. The molecule has 116 valence electrons. The van der Waals surface area contributed by atoms with Gasteiger partial charge in [0.05, 0.1) is 5.02 Å². The first kappa shape index (κ1) is 16.5. The van der Waals surface area contributed by atoms with Crippen molar-refractivity contribution in [3.8, 4) is 0 Å². The lowest BCUT2D eigenvalue weighted by Crippen LogP contribution is -2.45. The number of rotatable bonds is 3. The van der Waals surface area contributed by atoms with Gasteiger partial charge in [0.15, 0.2) is 0 Å². The van der Waals surface area contributed by atoms with Crippen LogP contribution in [0.4, 0.5) is 0 Å². The molecule has 0 atom stereocenters. The maximum Gasteiger partial charge on any atom is 0.242 e. The number of aromatic nitrogens is 1. The Hall–Kier alpha value is -0.890. The van der Waals surface area contributed by atoms with Crippen LogP contribution in [0.5, 0.6) is 0 Å². The molecule has 2 rings (SSSR count). The maximum absolute atomic E-state index is 12.2. The van der Waals surface area contributed by atoms with Gasteiger partial charge >= 0.3 is 0 Å². The summed E-state index contributed by atoms with van der Waals surface area (Å²) in [4.78, 5) is 16.6. The third kappa shape index (κ3) is 4.06. The minimum Gasteiger partial charge on any atom is -0.343 e. The number of pyridine rings is 1. The molecule has 0 bridgehead atoms. The van der Waals surface area contributed by atoms with Gasteiger partial charge in [-0.05, 0) is 18.9 Å². The predicted octanol–water partition coefficient (Wildman–Crippen LogP) is 1.68. The number of nitrogens with zero attached hydrogens (tertiary/aromatic N) is 2. The van der Waals surface area contributed by atoms with Crippen LogP contribution in [0, 0.1) is 0 Å². The number of amides is 1. The lowest BCUT2D eigenvalue weighted by Gasteiger charge is -2.31. The lowest BCUT2D eigenvalue weighted by molar-refractivity contribution is -0.129. The molecule has 1 aliphatic heterocycles. The van der Waals surface area contributed by atoms with E-state index in [1.54, 1.807) is 4.90 Å². The standard InChI is InChI=1S/C12H15Cl2N3O3S/c1-8(18)17-4-2-9(3-5-17)16-21(19,20)10-6-11(13)12(14)15-7-10/h6-7,9,16H,2-5H2,1H3. The summed E-state index contributed by atoms with van der Waals surface area (Å²) in [5.41, 5.74) is 0. The van der Waals surface area contributed by atoms with Crippen molar-refractivity contribution in [1.82, 2.24) is 14.6 Å². The van der Waals surface area contributed by atoms with Crippen LogP contribution < -0.4 is 4.72 Å². The zero-order valence-electron chi connectivity index (χ0n) is 11.3. The van der Waals surface area contributed by atoms with Crippen molar-refractivity contribution < 1.29 is 13.2 Å². The Morgan fingerprint density at radius 2 is 2.00 bits per heavy atom. The summed E-state index contributed by atoms with van der Waals surface area (Å²) in [6, 6.07) is 1.06. The van der Waals surface area contributed by atoms with E-state index >= 15 is 0 Å². The van der Waals surface area contributed by atoms with Gasteiger partial charge in [-0.3, -0.25) is 4.79 Å². The molecule has 1 fully saturated rings. The second-order valence-electron chi connectivity index (χ2n) is 4.85. The fraction of sp³-hybridized carbons (Fsp3) is 0.500. The van der Waals surface area contributed by atoms with Gasteiger partial charge in [-0.1, -0.05) is 23.2 Å². The Bertz CT molecular complexity index is 643. The van der Waals surface area contributed by atoms with Crippen LogP contribution in [0.3, 0.4) is 0 Å². The van der Waals surface area contributed by atoms with Crippen molar-refractivity contribution in [3.63, 3.8) is 0 Å². The van der Waals surface area contributed by atoms with Gasteiger partial charge < -0.3 is 4.90 Å². The van der Waals surface area contributed by atoms with E-state index in [1.807, 2.05) is 0 Å². The number of nitrogens with one attached hydrogen (secondary N) is 1. The molecule has 0 spiro atoms. The van der Waals surface area contributed by atoms with E-state index in [1.165, 1.54) is 19.2 Å². The van der Waals surface area contributed by atoms with Crippen LogP contribution in [0.2, 0.25) is 10.2 Å². The predicted molar refractivity (Wildman–Crippen MR) is 79.9 cm³/mol. The molecule has 1 aromatic heterocycles. The van der Waals surface area contributed by atoms with Crippen molar-refractivity contribution in [2.24, 2.45) is 0 Å². The number of likely N-dealkylation sites (tertiary alicyclic amines) is 1. The van der Waals surface area contributed by atoms with Crippen LogP contribution >= 0.6 is 23.2 Å². The topological polar surface area (TPSA) is 79.4 Å². The molecule has 0 aliphatic carbocycles. The van der Waals surface area contributed by atoms with Crippen molar-refractivity contribution in [2.75, 3.05) is 13.1 Å². The van der Waals surface area contributed by atoms with Gasteiger partial charge in [-0.15, -0.1) is 0 Å². The Morgan fingerprint density at radius 3 is 2.52 bits per heavy atom. The summed E-state index contributed by atoms with van der Waals surface area (Å²) in [6.45, 7) is 2.59. The van der Waals surface area contributed by atoms with Gasteiger partial charge in [0.25, 0.3) is 0 Å². The van der Waals surface area contributed by atoms with Crippen molar-refractivity contribution in [2.45, 2.75) is 30.7 Å². The number of piperidine rings is 1. The first-order chi connectivity index (χ1) is 9.79. The van der Waals surface area contributed by atoms with Crippen molar-refractivity contribution in [1.29, 1.82) is 0 Å². The van der Waals surface area contributed by atoms with Crippen LogP contribution in [-0.4, -0.2) is 43.3 Å². The zero-order chi connectivity index (χ0) is 15.6. The van der Waals surface area contributed by atoms with Gasteiger partial charge in [0.1, 0.15) is 10.0 Å². The maximum atomic E-state index is 12.2. The lowest BCUT2D eigenvalue weighted by atomic mass is 10.1. The molecule has 0 radical (unpaired) electrons. The van der Waals surface area contributed by atoms with Crippen LogP contribution in [0.25, 0.3) is 0 Å². The molecule has 0 aromatic carbocycles. The second-order valence-corrected chi connectivity index (χ2v) is 7.32. The van der Waals surface area contributed by atoms with Crippen molar-refractivity contribution >= 4 is 39.1 Å². The molecule has 1 saturated heterocycles. The minimum absolute atomic E-state index is 0.00462. The monoisotopic (exact) mass is 351 g/mol. The van der Waals surface area contributed by atoms with Gasteiger partial charge in [0, 0.05) is 32.3 Å². The highest BCUT2D eigenvalue weighted by molar-refractivity contribution is 7.89. The number of halogens is 2. The molecule has 2 heterocycles. The molecule has 1 aromatic rings. The summed E-state index contributed by atoms with van der Waals surface area (Å²) in [6.07, 6.45) is 2.32. The fourth-order valence-electron chi connectivity index (χ4n) is 2.15. The Kier molecular flexibility index (Phi) is 5.08. The first-order valence-electron chi connectivity index (χ1n) is 6.38. The largest absolute Gasteiger partial charge is 0.343 e. The summed E-state index contributed by atoms with van der Waals surface area (Å²) < 4.78 is 27.1. The number of hydrogen-bond donors (Lipinski definition) is 1. The van der Waals surface area contributed by atoms with E-state index in [2.05, 4.69) is 9.71 Å². The smallest absolute Gasteiger partial charge is 0.242 e. The van der Waals surface area contributed by atoms with Crippen LogP contribution in [0.15, 0.2) is 17.2 Å². The summed E-state index contributed by atoms with van der Waals surface area (Å²) in [5, 5.41) is 0.149. The van der Waals surface area contributed by atoms with Crippen LogP contribution in [0.1, 0.15) is 19.8 Å². The number of carbonyl (C=O) groups is 1. The molecule has 6 nitrogen and oxygen atoms in total. The quantitative estimate of drug-likeness (QED) is 0.840. The Morgan fingerprint density at radius 1 is 1.38 bits per heavy atom. The molecule has 1 amide bonds. The number of sulfonamides is 1. The van der Waals surface area contributed by atoms with E-state index in [4.69, 9.17) is 23.2 Å². The minimum atomic E-state index is -3.70. The molecule has 1 aliphatic rings. The molecule has 0 saturated carbocycles. The van der Waals surface area contributed by atoms with E-state index in [0.29, 0.717) is 25.9 Å². The SMILES string of the molecule is CC(=O)N1CCC(NS(=O)(=O)c2cnc(Cl)c(Cl)c2)CC1. The Balaban J connectivity index is 2.05. The highest BCUT2D eigenvalue weighted by atomic mass is 35.5. The van der Waals surface area contributed by atoms with E-state index < -0.39 is 10.0 Å². The number of carbonyl (C=O) groups excluding carboxylic acids is 1. The first-order valence-corrected chi connectivity index (χ1v) is 8.62. The second kappa shape index (κ2) is 6.48. The normalized spacial score (nSPS) is 17.0. The Labute approximate surface area is 133 Å². The summed E-state index contributed by atoms with van der Waals surface area (Å²) in [5.74, 6) is 0.00462. The van der Waals surface area contributed by atoms with Crippen molar-refractivity contribution in [3.05, 3.63) is 22.4 Å². The van der Waals surface area contributed by atoms with E-state index in [9.17, 15) is 13.2 Å². The molecule has 0 unspecified atom stereocenters. The molecular formula is C12H15Cl2N3O3S. The molecule has 1 N–H and O–H groups in total.